The summed E-state index contributed by atoms with van der Waals surface area (Å²) < 4.78 is 51.7. The monoisotopic (exact) mass is 565 g/mol. The van der Waals surface area contributed by atoms with Crippen molar-refractivity contribution >= 4 is 56.7 Å². The zero-order valence-corrected chi connectivity index (χ0v) is 22.3. The topological polar surface area (TPSA) is 38.8 Å². The van der Waals surface area contributed by atoms with E-state index in [1.807, 2.05) is 31.2 Å². The maximum Gasteiger partial charge on any atom is 0.416 e. The van der Waals surface area contributed by atoms with E-state index in [2.05, 4.69) is 18.2 Å². The summed E-state index contributed by atoms with van der Waals surface area (Å²) in [4.78, 5) is 14.6. The third kappa shape index (κ3) is 5.79. The highest BCUT2D eigenvalue weighted by molar-refractivity contribution is 8.27. The van der Waals surface area contributed by atoms with Gasteiger partial charge < -0.3 is 9.47 Å². The fourth-order valence-electron chi connectivity index (χ4n) is 4.24. The Balaban J connectivity index is 1.38. The number of hydrogen-bond acceptors (Lipinski definition) is 5. The highest BCUT2D eigenvalue weighted by Crippen LogP contribution is 2.39. The van der Waals surface area contributed by atoms with E-state index in [0.29, 0.717) is 35.2 Å². The van der Waals surface area contributed by atoms with Crippen molar-refractivity contribution in [3.63, 3.8) is 0 Å². The maximum atomic E-state index is 13.2. The Kier molecular flexibility index (Phi) is 7.63. The summed E-state index contributed by atoms with van der Waals surface area (Å²) in [6.07, 6.45) is -2.89. The van der Waals surface area contributed by atoms with Crippen LogP contribution in [0.15, 0.2) is 89.8 Å². The van der Waals surface area contributed by atoms with E-state index in [0.717, 1.165) is 45.1 Å². The summed E-state index contributed by atoms with van der Waals surface area (Å²) in [6, 6.07) is 24.0. The first-order chi connectivity index (χ1) is 18.7. The van der Waals surface area contributed by atoms with Crippen LogP contribution in [0.4, 0.5) is 18.9 Å². The highest BCUT2D eigenvalue weighted by Gasteiger charge is 2.36. The third-order valence-corrected chi connectivity index (χ3v) is 7.36. The van der Waals surface area contributed by atoms with Crippen LogP contribution in [-0.2, 0) is 17.6 Å². The quantitative estimate of drug-likeness (QED) is 0.167. The van der Waals surface area contributed by atoms with E-state index in [1.165, 1.54) is 12.1 Å². The van der Waals surface area contributed by atoms with Gasteiger partial charge in [-0.3, -0.25) is 9.69 Å². The molecule has 5 rings (SSSR count). The lowest BCUT2D eigenvalue weighted by molar-refractivity contribution is -0.137. The molecule has 1 saturated heterocycles. The van der Waals surface area contributed by atoms with Crippen LogP contribution in [0.25, 0.3) is 16.8 Å². The molecule has 9 heteroatoms. The van der Waals surface area contributed by atoms with E-state index < -0.39 is 17.6 Å². The Morgan fingerprint density at radius 1 is 0.923 bits per heavy atom. The molecular weight excluding hydrogens is 543 g/mol. The van der Waals surface area contributed by atoms with Gasteiger partial charge in [-0.05, 0) is 65.2 Å². The molecule has 4 nitrogen and oxygen atoms in total. The number of nitrogens with zero attached hydrogens (tertiary/aromatic N) is 1. The first-order valence-corrected chi connectivity index (χ1v) is 13.3. The minimum absolute atomic E-state index is 0.0721. The van der Waals surface area contributed by atoms with E-state index in [1.54, 1.807) is 24.3 Å². The minimum atomic E-state index is -4.53. The summed E-state index contributed by atoms with van der Waals surface area (Å²) in [5.74, 6) is 0.580. The molecule has 1 heterocycles. The van der Waals surface area contributed by atoms with Gasteiger partial charge in [-0.15, -0.1) is 0 Å². The van der Waals surface area contributed by atoms with Gasteiger partial charge in [0.2, 0.25) is 0 Å². The van der Waals surface area contributed by atoms with Crippen LogP contribution in [0.3, 0.4) is 0 Å². The lowest BCUT2D eigenvalue weighted by atomic mass is 10.1. The number of carbonyl (C=O) groups is 1. The first-order valence-electron chi connectivity index (χ1n) is 12.1. The number of benzene rings is 4. The molecule has 1 aliphatic heterocycles. The largest absolute Gasteiger partial charge is 0.490 e. The number of alkyl halides is 3. The summed E-state index contributed by atoms with van der Waals surface area (Å²) >= 11 is 6.37. The first kappa shape index (κ1) is 26.8. The second-order valence-corrected chi connectivity index (χ2v) is 10.3. The van der Waals surface area contributed by atoms with Gasteiger partial charge in [-0.1, -0.05) is 78.6 Å². The third-order valence-electron chi connectivity index (χ3n) is 6.05. The van der Waals surface area contributed by atoms with Crippen molar-refractivity contribution < 1.29 is 27.4 Å². The Labute approximate surface area is 233 Å². The van der Waals surface area contributed by atoms with E-state index in [-0.39, 0.29) is 10.0 Å². The van der Waals surface area contributed by atoms with Gasteiger partial charge in [-0.2, -0.15) is 13.2 Å². The van der Waals surface area contributed by atoms with E-state index >= 15 is 0 Å². The molecule has 39 heavy (non-hydrogen) atoms. The molecular formula is C30H22F3NO3S2. The average molecular weight is 566 g/mol. The van der Waals surface area contributed by atoms with Crippen molar-refractivity contribution in [2.75, 3.05) is 11.5 Å². The fourth-order valence-corrected chi connectivity index (χ4v) is 5.54. The van der Waals surface area contributed by atoms with Crippen molar-refractivity contribution in [2.45, 2.75) is 19.7 Å². The van der Waals surface area contributed by atoms with E-state index in [4.69, 9.17) is 21.7 Å². The zero-order chi connectivity index (χ0) is 27.6. The van der Waals surface area contributed by atoms with Crippen molar-refractivity contribution in [1.82, 2.24) is 0 Å². The maximum absolute atomic E-state index is 13.2. The van der Waals surface area contributed by atoms with Gasteiger partial charge in [0, 0.05) is 0 Å². The molecule has 0 unspecified atom stereocenters. The molecule has 0 saturated carbocycles. The average Bonchev–Trinajstić information content (AvgIpc) is 3.20. The number of amides is 1. The number of carbonyl (C=O) groups excluding carboxylic acids is 1. The number of hydrogen-bond donors (Lipinski definition) is 0. The molecule has 4 aromatic rings. The number of ether oxygens (including phenoxy) is 2. The second-order valence-electron chi connectivity index (χ2n) is 8.63. The van der Waals surface area contributed by atoms with Gasteiger partial charge >= 0.3 is 6.18 Å². The molecule has 0 bridgehead atoms. The number of anilines is 1. The molecule has 0 aromatic heterocycles. The molecule has 4 aromatic carbocycles. The van der Waals surface area contributed by atoms with Crippen molar-refractivity contribution in [2.24, 2.45) is 0 Å². The minimum Gasteiger partial charge on any atom is -0.490 e. The lowest BCUT2D eigenvalue weighted by Crippen LogP contribution is -2.27. The zero-order valence-electron chi connectivity index (χ0n) is 20.7. The van der Waals surface area contributed by atoms with Crippen molar-refractivity contribution in [1.29, 1.82) is 0 Å². The highest BCUT2D eigenvalue weighted by atomic mass is 32.2. The standard InChI is InChI=1S/C30H22F3NO3S2/c1-2-36-26-15-19(13-14-25(26)37-18-21-9-5-8-20-7-3-4-12-24(20)21)16-27-28(35)34(29(38)39-27)23-11-6-10-22(17-23)30(31,32)33/h3-17H,2,18H2,1H3/b27-16-. The summed E-state index contributed by atoms with van der Waals surface area (Å²) in [5.41, 5.74) is 0.930. The molecule has 0 spiro atoms. The van der Waals surface area contributed by atoms with Crippen LogP contribution in [0.5, 0.6) is 11.5 Å². The predicted molar refractivity (Wildman–Crippen MR) is 153 cm³/mol. The van der Waals surface area contributed by atoms with Gasteiger partial charge in [0.15, 0.2) is 15.8 Å². The Hall–Kier alpha value is -3.82. The smallest absolute Gasteiger partial charge is 0.416 e. The SMILES string of the molecule is CCOc1cc(/C=C2\SC(=S)N(c3cccc(C(F)(F)F)c3)C2=O)ccc1OCc1cccc2ccccc12. The summed E-state index contributed by atoms with van der Waals surface area (Å²) in [7, 11) is 0. The Morgan fingerprint density at radius 3 is 2.49 bits per heavy atom. The van der Waals surface area contributed by atoms with E-state index in [9.17, 15) is 18.0 Å². The van der Waals surface area contributed by atoms with Crippen molar-refractivity contribution in [3.05, 3.63) is 107 Å². The number of halogens is 3. The molecule has 0 radical (unpaired) electrons. The van der Waals surface area contributed by atoms with Crippen LogP contribution >= 0.6 is 24.0 Å². The fraction of sp³-hybridized carbons (Fsp3) is 0.133. The second kappa shape index (κ2) is 11.1. The van der Waals surface area contributed by atoms with Crippen LogP contribution < -0.4 is 14.4 Å². The van der Waals surface area contributed by atoms with Crippen LogP contribution in [0.1, 0.15) is 23.6 Å². The molecule has 1 aliphatic rings. The van der Waals surface area contributed by atoms with Crippen molar-refractivity contribution in [3.8, 4) is 11.5 Å². The van der Waals surface area contributed by atoms with Gasteiger partial charge in [0.1, 0.15) is 6.61 Å². The molecule has 0 aliphatic carbocycles. The normalized spacial score (nSPS) is 14.9. The number of thioether (sulfide) groups is 1. The molecule has 198 valence electrons. The van der Waals surface area contributed by atoms with Gasteiger partial charge in [0.25, 0.3) is 5.91 Å². The predicted octanol–water partition coefficient (Wildman–Crippen LogP) is 8.24. The molecule has 0 N–H and O–H groups in total. The van der Waals surface area contributed by atoms with Crippen LogP contribution in [0.2, 0.25) is 0 Å². The van der Waals surface area contributed by atoms with Gasteiger partial charge in [-0.25, -0.2) is 0 Å². The van der Waals surface area contributed by atoms with Crippen LogP contribution in [-0.4, -0.2) is 16.8 Å². The van der Waals surface area contributed by atoms with Crippen LogP contribution in [0, 0.1) is 0 Å². The lowest BCUT2D eigenvalue weighted by Gasteiger charge is -2.16. The molecule has 0 atom stereocenters. The summed E-state index contributed by atoms with van der Waals surface area (Å²) in [5, 5.41) is 2.24. The molecule has 1 fully saturated rings. The number of fused-ring (bicyclic) bond motifs is 1. The van der Waals surface area contributed by atoms with Gasteiger partial charge in [0.05, 0.1) is 22.8 Å². The number of rotatable bonds is 7. The summed E-state index contributed by atoms with van der Waals surface area (Å²) in [6.45, 7) is 2.61. The Morgan fingerprint density at radius 2 is 1.69 bits per heavy atom. The number of thiocarbonyl (C=S) groups is 1. The molecule has 1 amide bonds. The Bertz CT molecular complexity index is 1590.